The van der Waals surface area contributed by atoms with Crippen molar-refractivity contribution in [3.8, 4) is 0 Å². The van der Waals surface area contributed by atoms with Gasteiger partial charge in [0.2, 0.25) is 0 Å². The first kappa shape index (κ1) is 9.85. The zero-order chi connectivity index (χ0) is 11.0. The average Bonchev–Trinajstić information content (AvgIpc) is 2.82. The summed E-state index contributed by atoms with van der Waals surface area (Å²) in [6, 6.07) is 13.2. The Morgan fingerprint density at radius 2 is 1.75 bits per heavy atom. The van der Waals surface area contributed by atoms with Crippen LogP contribution in [0, 0.1) is 0 Å². The lowest BCUT2D eigenvalue weighted by atomic mass is 10.0. The van der Waals surface area contributed by atoms with E-state index >= 15 is 0 Å². The number of rotatable bonds is 1. The van der Waals surface area contributed by atoms with Crippen LogP contribution in [0.4, 0.5) is 0 Å². The van der Waals surface area contributed by atoms with Crippen molar-refractivity contribution >= 4 is 31.8 Å². The highest BCUT2D eigenvalue weighted by molar-refractivity contribution is 6.33. The van der Waals surface area contributed by atoms with E-state index in [4.69, 9.17) is 0 Å². The van der Waals surface area contributed by atoms with Crippen molar-refractivity contribution in [1.82, 2.24) is 0 Å². The van der Waals surface area contributed by atoms with Crippen LogP contribution in [0.25, 0.3) is 16.3 Å². The molecule has 1 aliphatic carbocycles. The zero-order valence-electron chi connectivity index (χ0n) is 9.16. The molecule has 0 aliphatic heterocycles. The predicted octanol–water partition coefficient (Wildman–Crippen LogP) is 3.20. The van der Waals surface area contributed by atoms with Gasteiger partial charge in [-0.1, -0.05) is 41.6 Å². The van der Waals surface area contributed by atoms with Gasteiger partial charge in [0.05, 0.1) is 10.2 Å². The maximum Gasteiger partial charge on any atom is 0.0712 e. The summed E-state index contributed by atoms with van der Waals surface area (Å²) < 4.78 is 0. The summed E-state index contributed by atoms with van der Waals surface area (Å²) in [6.07, 6.45) is 6.17. The molecule has 0 nitrogen and oxygen atoms in total. The fourth-order valence-corrected chi connectivity index (χ4v) is 2.62. The Bertz CT molecular complexity index is 567. The molecule has 0 aromatic heterocycles. The first-order chi connectivity index (χ1) is 7.83. The molecule has 0 saturated heterocycles. The van der Waals surface area contributed by atoms with Gasteiger partial charge in [-0.05, 0) is 47.2 Å². The van der Waals surface area contributed by atoms with Crippen LogP contribution in [0.2, 0.25) is 0 Å². The minimum atomic E-state index is 1.14. The molecule has 0 N–H and O–H groups in total. The molecule has 16 heavy (non-hydrogen) atoms. The van der Waals surface area contributed by atoms with E-state index in [2.05, 4.69) is 52.7 Å². The minimum absolute atomic E-state index is 1.14. The Morgan fingerprint density at radius 1 is 0.938 bits per heavy atom. The van der Waals surface area contributed by atoms with Crippen molar-refractivity contribution in [1.29, 1.82) is 0 Å². The lowest BCUT2D eigenvalue weighted by Gasteiger charge is -2.05. The summed E-state index contributed by atoms with van der Waals surface area (Å²) in [7, 11) is 3.56. The molecule has 0 unspecified atom stereocenters. The SMILES string of the molecule is [Si]c1ccc2cc(C3=CCCC3)ccc2c1. The van der Waals surface area contributed by atoms with Gasteiger partial charge in [0.25, 0.3) is 0 Å². The largest absolute Gasteiger partial charge is 0.0807 e. The molecule has 1 heteroatoms. The number of hydrogen-bond acceptors (Lipinski definition) is 0. The number of benzene rings is 2. The van der Waals surface area contributed by atoms with Crippen LogP contribution in [0.3, 0.4) is 0 Å². The second-order valence-electron chi connectivity index (χ2n) is 4.40. The van der Waals surface area contributed by atoms with Gasteiger partial charge in [0, 0.05) is 0 Å². The molecule has 0 amide bonds. The molecule has 0 atom stereocenters. The van der Waals surface area contributed by atoms with Gasteiger partial charge in [0.15, 0.2) is 0 Å². The second kappa shape index (κ2) is 3.91. The maximum atomic E-state index is 3.56. The topological polar surface area (TPSA) is 0 Å². The first-order valence-corrected chi connectivity index (χ1v) is 6.28. The second-order valence-corrected chi connectivity index (χ2v) is 4.98. The first-order valence-electron chi connectivity index (χ1n) is 5.78. The average molecular weight is 221 g/mol. The van der Waals surface area contributed by atoms with Crippen LogP contribution in [-0.2, 0) is 0 Å². The van der Waals surface area contributed by atoms with Crippen molar-refractivity contribution in [2.75, 3.05) is 0 Å². The van der Waals surface area contributed by atoms with E-state index in [0.29, 0.717) is 0 Å². The zero-order valence-corrected chi connectivity index (χ0v) is 10.2. The Balaban J connectivity index is 2.12. The summed E-state index contributed by atoms with van der Waals surface area (Å²) in [5, 5.41) is 3.77. The molecule has 77 valence electrons. The standard InChI is InChI=1S/C15H13Si/c16-15-8-7-13-9-12(5-6-14(13)10-15)11-3-1-2-4-11/h3,5-10H,1-2,4H2. The highest BCUT2D eigenvalue weighted by Crippen LogP contribution is 2.29. The third kappa shape index (κ3) is 1.72. The van der Waals surface area contributed by atoms with Gasteiger partial charge >= 0.3 is 0 Å². The molecule has 3 radical (unpaired) electrons. The lowest BCUT2D eigenvalue weighted by Crippen LogP contribution is -1.99. The monoisotopic (exact) mass is 221 g/mol. The Labute approximate surface area is 99.4 Å². The van der Waals surface area contributed by atoms with E-state index in [0.717, 1.165) is 5.19 Å². The Kier molecular flexibility index (Phi) is 2.41. The van der Waals surface area contributed by atoms with Crippen LogP contribution in [0.1, 0.15) is 24.8 Å². The Hall–Kier alpha value is -1.34. The summed E-state index contributed by atoms with van der Waals surface area (Å²) in [5.41, 5.74) is 2.91. The van der Waals surface area contributed by atoms with Crippen LogP contribution in [-0.4, -0.2) is 10.2 Å². The van der Waals surface area contributed by atoms with Gasteiger partial charge in [-0.15, -0.1) is 0 Å². The minimum Gasteiger partial charge on any atom is -0.0807 e. The molecule has 2 aromatic rings. The number of allylic oxidation sites excluding steroid dienone is 2. The van der Waals surface area contributed by atoms with Crippen molar-refractivity contribution < 1.29 is 0 Å². The fourth-order valence-electron chi connectivity index (χ4n) is 2.38. The molecule has 0 fully saturated rings. The smallest absolute Gasteiger partial charge is 0.0712 e. The molecule has 1 aliphatic rings. The van der Waals surface area contributed by atoms with Crippen molar-refractivity contribution in [2.45, 2.75) is 19.3 Å². The van der Waals surface area contributed by atoms with E-state index in [1.54, 1.807) is 0 Å². The Morgan fingerprint density at radius 3 is 2.56 bits per heavy atom. The van der Waals surface area contributed by atoms with Crippen LogP contribution in [0.5, 0.6) is 0 Å². The van der Waals surface area contributed by atoms with E-state index in [9.17, 15) is 0 Å². The molecular weight excluding hydrogens is 208 g/mol. The third-order valence-electron chi connectivity index (χ3n) is 3.25. The summed E-state index contributed by atoms with van der Waals surface area (Å²) in [4.78, 5) is 0. The lowest BCUT2D eigenvalue weighted by molar-refractivity contribution is 0.935. The molecule has 2 aromatic carbocycles. The van der Waals surface area contributed by atoms with Crippen molar-refractivity contribution in [2.24, 2.45) is 0 Å². The van der Waals surface area contributed by atoms with E-state index in [1.165, 1.54) is 41.2 Å². The normalized spacial score (nSPS) is 15.4. The van der Waals surface area contributed by atoms with Gasteiger partial charge in [-0.2, -0.15) is 0 Å². The summed E-state index contributed by atoms with van der Waals surface area (Å²) in [6.45, 7) is 0. The summed E-state index contributed by atoms with van der Waals surface area (Å²) in [5.74, 6) is 0. The van der Waals surface area contributed by atoms with Gasteiger partial charge in [-0.3, -0.25) is 0 Å². The highest BCUT2D eigenvalue weighted by Gasteiger charge is 2.07. The third-order valence-corrected chi connectivity index (χ3v) is 3.56. The molecule has 0 bridgehead atoms. The van der Waals surface area contributed by atoms with E-state index < -0.39 is 0 Å². The fraction of sp³-hybridized carbons (Fsp3) is 0.200. The van der Waals surface area contributed by atoms with Gasteiger partial charge in [-0.25, -0.2) is 0 Å². The summed E-state index contributed by atoms with van der Waals surface area (Å²) >= 11 is 0. The van der Waals surface area contributed by atoms with Gasteiger partial charge < -0.3 is 0 Å². The van der Waals surface area contributed by atoms with Crippen molar-refractivity contribution in [3.63, 3.8) is 0 Å². The number of hydrogen-bond donors (Lipinski definition) is 0. The van der Waals surface area contributed by atoms with Crippen LogP contribution < -0.4 is 5.19 Å². The molecular formula is C15H13Si. The highest BCUT2D eigenvalue weighted by atomic mass is 28.1. The number of fused-ring (bicyclic) bond motifs is 1. The quantitative estimate of drug-likeness (QED) is 0.649. The predicted molar refractivity (Wildman–Crippen MR) is 71.2 cm³/mol. The molecule has 0 heterocycles. The van der Waals surface area contributed by atoms with Gasteiger partial charge in [0.1, 0.15) is 0 Å². The molecule has 3 rings (SSSR count). The van der Waals surface area contributed by atoms with Crippen LogP contribution >= 0.6 is 0 Å². The van der Waals surface area contributed by atoms with Crippen molar-refractivity contribution in [3.05, 3.63) is 48.0 Å². The molecule has 0 spiro atoms. The maximum absolute atomic E-state index is 3.56. The molecule has 0 saturated carbocycles. The van der Waals surface area contributed by atoms with E-state index in [1.807, 2.05) is 0 Å². The van der Waals surface area contributed by atoms with Crippen LogP contribution in [0.15, 0.2) is 42.5 Å². The van der Waals surface area contributed by atoms with E-state index in [-0.39, 0.29) is 0 Å².